The number of amides is 1. The highest BCUT2D eigenvalue weighted by Crippen LogP contribution is 2.32. The first-order chi connectivity index (χ1) is 9.49. The van der Waals surface area contributed by atoms with Crippen molar-refractivity contribution in [2.24, 2.45) is 0 Å². The number of carbonyl (C=O) groups is 2. The van der Waals surface area contributed by atoms with Gasteiger partial charge in [0.25, 0.3) is 5.91 Å². The number of halogens is 2. The fourth-order valence-electron chi connectivity index (χ4n) is 1.42. The average Bonchev–Trinajstić information content (AvgIpc) is 2.43. The van der Waals surface area contributed by atoms with Crippen molar-refractivity contribution < 1.29 is 14.7 Å². The molecule has 2 rings (SSSR count). The van der Waals surface area contributed by atoms with Crippen molar-refractivity contribution in [3.8, 4) is 0 Å². The molecule has 0 aliphatic carbocycles. The summed E-state index contributed by atoms with van der Waals surface area (Å²) < 4.78 is 0. The number of benzene rings is 1. The standard InChI is InChI=1S/C12H7Cl2N3O3/c13-8-1-6(12(19)20)2-9(14)10(8)17-11(18)7-3-15-5-16-4-7/h1-5H,(H,17,18)(H,19,20). The molecule has 1 heterocycles. The molecule has 0 bridgehead atoms. The van der Waals surface area contributed by atoms with E-state index in [1.807, 2.05) is 0 Å². The average molecular weight is 312 g/mol. The van der Waals surface area contributed by atoms with Crippen molar-refractivity contribution in [2.45, 2.75) is 0 Å². The van der Waals surface area contributed by atoms with Gasteiger partial charge in [-0.2, -0.15) is 0 Å². The molecule has 2 N–H and O–H groups in total. The second-order valence-electron chi connectivity index (χ2n) is 3.70. The third-order valence-corrected chi connectivity index (χ3v) is 2.95. The first kappa shape index (κ1) is 14.2. The molecule has 20 heavy (non-hydrogen) atoms. The minimum Gasteiger partial charge on any atom is -0.478 e. The van der Waals surface area contributed by atoms with Gasteiger partial charge in [-0.3, -0.25) is 4.79 Å². The largest absolute Gasteiger partial charge is 0.478 e. The van der Waals surface area contributed by atoms with Crippen LogP contribution in [0.5, 0.6) is 0 Å². The Bertz CT molecular complexity index is 654. The van der Waals surface area contributed by atoms with E-state index in [1.165, 1.54) is 30.9 Å². The minimum atomic E-state index is -1.16. The van der Waals surface area contributed by atoms with Gasteiger partial charge in [0.15, 0.2) is 0 Å². The first-order valence-corrected chi connectivity index (χ1v) is 6.03. The summed E-state index contributed by atoms with van der Waals surface area (Å²) in [4.78, 5) is 30.2. The van der Waals surface area contributed by atoms with E-state index in [0.29, 0.717) is 0 Å². The Morgan fingerprint density at radius 2 is 1.60 bits per heavy atom. The lowest BCUT2D eigenvalue weighted by Crippen LogP contribution is -2.13. The Kier molecular flexibility index (Phi) is 4.16. The Morgan fingerprint density at radius 1 is 1.05 bits per heavy atom. The zero-order valence-electron chi connectivity index (χ0n) is 9.80. The number of rotatable bonds is 3. The molecular formula is C12H7Cl2N3O3. The third kappa shape index (κ3) is 3.04. The molecule has 0 saturated heterocycles. The smallest absolute Gasteiger partial charge is 0.335 e. The number of nitrogens with zero attached hydrogens (tertiary/aromatic N) is 2. The van der Waals surface area contributed by atoms with Gasteiger partial charge in [0.1, 0.15) is 6.33 Å². The third-order valence-electron chi connectivity index (χ3n) is 2.35. The maximum Gasteiger partial charge on any atom is 0.335 e. The van der Waals surface area contributed by atoms with Crippen molar-refractivity contribution in [3.05, 3.63) is 52.0 Å². The molecule has 8 heteroatoms. The summed E-state index contributed by atoms with van der Waals surface area (Å²) in [6, 6.07) is 2.40. The lowest BCUT2D eigenvalue weighted by Gasteiger charge is -2.10. The first-order valence-electron chi connectivity index (χ1n) is 5.27. The molecule has 0 radical (unpaired) electrons. The van der Waals surface area contributed by atoms with Gasteiger partial charge in [0, 0.05) is 12.4 Å². The number of carboxylic acids is 1. The summed E-state index contributed by atoms with van der Waals surface area (Å²) in [6.45, 7) is 0. The molecule has 6 nitrogen and oxygen atoms in total. The number of carbonyl (C=O) groups excluding carboxylic acids is 1. The molecule has 0 spiro atoms. The van der Waals surface area contributed by atoms with Crippen LogP contribution in [-0.4, -0.2) is 27.0 Å². The lowest BCUT2D eigenvalue weighted by molar-refractivity contribution is 0.0696. The highest BCUT2D eigenvalue weighted by molar-refractivity contribution is 6.40. The molecule has 0 aliphatic rings. The predicted octanol–water partition coefficient (Wildman–Crippen LogP) is 2.73. The maximum absolute atomic E-state index is 11.9. The number of aromatic nitrogens is 2. The Balaban J connectivity index is 2.31. The fraction of sp³-hybridized carbons (Fsp3) is 0. The van der Waals surface area contributed by atoms with Gasteiger partial charge in [-0.15, -0.1) is 0 Å². The van der Waals surface area contributed by atoms with Crippen molar-refractivity contribution in [2.75, 3.05) is 5.32 Å². The molecule has 0 aliphatic heterocycles. The molecular weight excluding hydrogens is 305 g/mol. The lowest BCUT2D eigenvalue weighted by atomic mass is 10.2. The molecule has 1 aromatic heterocycles. The van der Waals surface area contributed by atoms with Crippen molar-refractivity contribution in [1.82, 2.24) is 9.97 Å². The van der Waals surface area contributed by atoms with Gasteiger partial charge < -0.3 is 10.4 Å². The van der Waals surface area contributed by atoms with Gasteiger partial charge in [-0.25, -0.2) is 14.8 Å². The van der Waals surface area contributed by atoms with E-state index in [0.717, 1.165) is 0 Å². The molecule has 0 fully saturated rings. The summed E-state index contributed by atoms with van der Waals surface area (Å²) in [6.07, 6.45) is 3.95. The fourth-order valence-corrected chi connectivity index (χ4v) is 2.00. The van der Waals surface area contributed by atoms with Gasteiger partial charge in [-0.05, 0) is 12.1 Å². The Hall–Kier alpha value is -2.18. The molecule has 0 atom stereocenters. The van der Waals surface area contributed by atoms with E-state index in [1.54, 1.807) is 0 Å². The van der Waals surface area contributed by atoms with E-state index >= 15 is 0 Å². The van der Waals surface area contributed by atoms with Gasteiger partial charge in [0.2, 0.25) is 0 Å². The van der Waals surface area contributed by atoms with E-state index in [4.69, 9.17) is 28.3 Å². The number of anilines is 1. The number of hydrogen-bond acceptors (Lipinski definition) is 4. The van der Waals surface area contributed by atoms with Crippen molar-refractivity contribution in [1.29, 1.82) is 0 Å². The van der Waals surface area contributed by atoms with Crippen LogP contribution in [0.1, 0.15) is 20.7 Å². The van der Waals surface area contributed by atoms with Crippen LogP contribution in [0, 0.1) is 0 Å². The molecule has 1 amide bonds. The summed E-state index contributed by atoms with van der Waals surface area (Å²) in [5.41, 5.74) is 0.287. The van der Waals surface area contributed by atoms with Crippen LogP contribution in [-0.2, 0) is 0 Å². The van der Waals surface area contributed by atoms with Crippen LogP contribution < -0.4 is 5.32 Å². The zero-order valence-corrected chi connectivity index (χ0v) is 11.3. The number of aromatic carboxylic acids is 1. The van der Waals surface area contributed by atoms with Crippen LogP contribution in [0.3, 0.4) is 0 Å². The normalized spacial score (nSPS) is 10.1. The maximum atomic E-state index is 11.9. The van der Waals surface area contributed by atoms with Crippen LogP contribution in [0.25, 0.3) is 0 Å². The summed E-state index contributed by atoms with van der Waals surface area (Å²) >= 11 is 11.8. The second kappa shape index (κ2) is 5.85. The van der Waals surface area contributed by atoms with E-state index in [9.17, 15) is 9.59 Å². The summed E-state index contributed by atoms with van der Waals surface area (Å²) in [5.74, 6) is -1.67. The SMILES string of the molecule is O=C(O)c1cc(Cl)c(NC(=O)c2cncnc2)c(Cl)c1. The van der Waals surface area contributed by atoms with Crippen LogP contribution in [0.4, 0.5) is 5.69 Å². The topological polar surface area (TPSA) is 92.2 Å². The molecule has 0 unspecified atom stereocenters. The summed E-state index contributed by atoms with van der Waals surface area (Å²) in [5, 5.41) is 11.4. The Morgan fingerprint density at radius 3 is 2.10 bits per heavy atom. The number of hydrogen-bond donors (Lipinski definition) is 2. The van der Waals surface area contributed by atoms with Crippen molar-refractivity contribution in [3.63, 3.8) is 0 Å². The van der Waals surface area contributed by atoms with Gasteiger partial charge >= 0.3 is 5.97 Å². The zero-order chi connectivity index (χ0) is 14.7. The highest BCUT2D eigenvalue weighted by atomic mass is 35.5. The van der Waals surface area contributed by atoms with Crippen LogP contribution in [0.2, 0.25) is 10.0 Å². The van der Waals surface area contributed by atoms with Gasteiger partial charge in [-0.1, -0.05) is 23.2 Å². The van der Waals surface area contributed by atoms with E-state index in [-0.39, 0.29) is 26.9 Å². The van der Waals surface area contributed by atoms with Gasteiger partial charge in [0.05, 0.1) is 26.9 Å². The van der Waals surface area contributed by atoms with Crippen LogP contribution in [0.15, 0.2) is 30.9 Å². The number of nitrogens with one attached hydrogen (secondary N) is 1. The highest BCUT2D eigenvalue weighted by Gasteiger charge is 2.15. The predicted molar refractivity (Wildman–Crippen MR) is 73.4 cm³/mol. The van der Waals surface area contributed by atoms with E-state index in [2.05, 4.69) is 15.3 Å². The molecule has 0 saturated carbocycles. The minimum absolute atomic E-state index is 0.0279. The van der Waals surface area contributed by atoms with Crippen LogP contribution >= 0.6 is 23.2 Å². The monoisotopic (exact) mass is 311 g/mol. The molecule has 102 valence electrons. The van der Waals surface area contributed by atoms with Crippen molar-refractivity contribution >= 4 is 40.8 Å². The second-order valence-corrected chi connectivity index (χ2v) is 4.52. The number of carboxylic acid groups (broad SMARTS) is 1. The quantitative estimate of drug-likeness (QED) is 0.909. The Labute approximate surface area is 123 Å². The summed E-state index contributed by atoms with van der Waals surface area (Å²) in [7, 11) is 0. The molecule has 1 aromatic carbocycles. The molecule has 2 aromatic rings. The van der Waals surface area contributed by atoms with E-state index < -0.39 is 11.9 Å².